The molecule has 3 rings (SSSR count). The Morgan fingerprint density at radius 1 is 1.23 bits per heavy atom. The van der Waals surface area contributed by atoms with Crippen molar-refractivity contribution >= 4 is 11.0 Å². The number of benzene rings is 2. The van der Waals surface area contributed by atoms with Crippen molar-refractivity contribution in [3.8, 4) is 11.5 Å². The number of fused-ring (bicyclic) bond motifs is 1. The number of imidazole rings is 1. The molecule has 5 nitrogen and oxygen atoms in total. The standard InChI is InChI=1S/C21H24N2O3/c1-4-7-16-10-11-20(21(12-16)25-3)26-14-17(24)13-23-15(2)22-18-8-5-6-9-19(18)23/h4-6,8-12,17,24H,1,7,13-14H2,2-3H3/t17-/m1/s1. The molecule has 0 aliphatic rings. The van der Waals surface area contributed by atoms with Gasteiger partial charge in [0.05, 0.1) is 24.7 Å². The molecule has 0 bridgehead atoms. The zero-order valence-corrected chi connectivity index (χ0v) is 15.2. The van der Waals surface area contributed by atoms with Gasteiger partial charge in [0.1, 0.15) is 18.5 Å². The fraction of sp³-hybridized carbons (Fsp3) is 0.286. The Balaban J connectivity index is 1.68. The molecule has 0 unspecified atom stereocenters. The van der Waals surface area contributed by atoms with Crippen LogP contribution in [0.5, 0.6) is 11.5 Å². The Morgan fingerprint density at radius 3 is 2.81 bits per heavy atom. The third-order valence-corrected chi connectivity index (χ3v) is 4.28. The summed E-state index contributed by atoms with van der Waals surface area (Å²) >= 11 is 0. The molecule has 0 spiro atoms. The minimum absolute atomic E-state index is 0.170. The second kappa shape index (κ2) is 8.06. The topological polar surface area (TPSA) is 56.5 Å². The van der Waals surface area contributed by atoms with Gasteiger partial charge < -0.3 is 19.1 Å². The van der Waals surface area contributed by atoms with Crippen LogP contribution in [0.15, 0.2) is 55.1 Å². The lowest BCUT2D eigenvalue weighted by Crippen LogP contribution is -2.24. The molecule has 26 heavy (non-hydrogen) atoms. The molecule has 0 radical (unpaired) electrons. The van der Waals surface area contributed by atoms with Crippen molar-refractivity contribution in [2.75, 3.05) is 13.7 Å². The van der Waals surface area contributed by atoms with Crippen LogP contribution in [0.1, 0.15) is 11.4 Å². The van der Waals surface area contributed by atoms with Crippen LogP contribution in [0.3, 0.4) is 0 Å². The van der Waals surface area contributed by atoms with Gasteiger partial charge in [0, 0.05) is 0 Å². The van der Waals surface area contributed by atoms with Crippen molar-refractivity contribution in [3.05, 3.63) is 66.5 Å². The van der Waals surface area contributed by atoms with E-state index >= 15 is 0 Å². The number of methoxy groups -OCH3 is 1. The molecule has 0 saturated carbocycles. The van der Waals surface area contributed by atoms with Gasteiger partial charge in [-0.15, -0.1) is 6.58 Å². The normalized spacial score (nSPS) is 12.1. The molecule has 1 atom stereocenters. The summed E-state index contributed by atoms with van der Waals surface area (Å²) in [7, 11) is 1.61. The highest BCUT2D eigenvalue weighted by molar-refractivity contribution is 5.75. The molecular formula is C21H24N2O3. The van der Waals surface area contributed by atoms with Gasteiger partial charge in [0.25, 0.3) is 0 Å². The van der Waals surface area contributed by atoms with Gasteiger partial charge in [0.15, 0.2) is 11.5 Å². The number of aliphatic hydroxyl groups excluding tert-OH is 1. The third kappa shape index (κ3) is 3.89. The highest BCUT2D eigenvalue weighted by Crippen LogP contribution is 2.28. The highest BCUT2D eigenvalue weighted by atomic mass is 16.5. The molecule has 0 aliphatic heterocycles. The van der Waals surface area contributed by atoms with E-state index in [2.05, 4.69) is 11.6 Å². The SMILES string of the molecule is C=CCc1ccc(OC[C@H](O)Cn2c(C)nc3ccccc32)c(OC)c1. The number of aliphatic hydroxyl groups is 1. The molecule has 136 valence electrons. The van der Waals surface area contributed by atoms with Crippen LogP contribution in [-0.4, -0.2) is 34.5 Å². The number of aryl methyl sites for hydroxylation is 1. The number of rotatable bonds is 8. The predicted molar refractivity (Wildman–Crippen MR) is 103 cm³/mol. The number of nitrogens with zero attached hydrogens (tertiary/aromatic N) is 2. The van der Waals surface area contributed by atoms with E-state index in [1.807, 2.05) is 60.0 Å². The lowest BCUT2D eigenvalue weighted by Gasteiger charge is -2.16. The molecule has 3 aromatic rings. The lowest BCUT2D eigenvalue weighted by molar-refractivity contribution is 0.0914. The average molecular weight is 352 g/mol. The Bertz CT molecular complexity index is 901. The van der Waals surface area contributed by atoms with Gasteiger partial charge in [-0.3, -0.25) is 0 Å². The first-order valence-corrected chi connectivity index (χ1v) is 8.63. The third-order valence-electron chi connectivity index (χ3n) is 4.28. The van der Waals surface area contributed by atoms with Gasteiger partial charge in [-0.25, -0.2) is 4.98 Å². The Morgan fingerprint density at radius 2 is 2.04 bits per heavy atom. The lowest BCUT2D eigenvalue weighted by atomic mass is 10.1. The maximum atomic E-state index is 10.4. The van der Waals surface area contributed by atoms with E-state index in [0.29, 0.717) is 18.0 Å². The van der Waals surface area contributed by atoms with Gasteiger partial charge in [-0.1, -0.05) is 24.3 Å². The average Bonchev–Trinajstić information content (AvgIpc) is 2.96. The summed E-state index contributed by atoms with van der Waals surface area (Å²) in [5.74, 6) is 2.14. The molecule has 0 saturated heterocycles. The number of allylic oxidation sites excluding steroid dienone is 1. The first-order valence-electron chi connectivity index (χ1n) is 8.63. The number of hydrogen-bond donors (Lipinski definition) is 1. The predicted octanol–water partition coefficient (Wildman–Crippen LogP) is 3.52. The highest BCUT2D eigenvalue weighted by Gasteiger charge is 2.13. The molecule has 0 aliphatic carbocycles. The fourth-order valence-corrected chi connectivity index (χ4v) is 3.00. The van der Waals surface area contributed by atoms with Gasteiger partial charge >= 0.3 is 0 Å². The maximum absolute atomic E-state index is 10.4. The number of ether oxygens (including phenoxy) is 2. The molecule has 0 fully saturated rings. The van der Waals surface area contributed by atoms with Crippen molar-refractivity contribution in [2.45, 2.75) is 26.0 Å². The summed E-state index contributed by atoms with van der Waals surface area (Å²) in [5, 5.41) is 10.4. The van der Waals surface area contributed by atoms with Gasteiger partial charge in [-0.2, -0.15) is 0 Å². The monoisotopic (exact) mass is 352 g/mol. The van der Waals surface area contributed by atoms with E-state index in [1.165, 1.54) is 0 Å². The fourth-order valence-electron chi connectivity index (χ4n) is 3.00. The van der Waals surface area contributed by atoms with E-state index in [9.17, 15) is 5.11 Å². The van der Waals surface area contributed by atoms with Crippen molar-refractivity contribution in [1.29, 1.82) is 0 Å². The van der Waals surface area contributed by atoms with Crippen molar-refractivity contribution in [1.82, 2.24) is 9.55 Å². The molecular weight excluding hydrogens is 328 g/mol. The van der Waals surface area contributed by atoms with Crippen LogP contribution < -0.4 is 9.47 Å². The zero-order valence-electron chi connectivity index (χ0n) is 15.2. The number of hydrogen-bond acceptors (Lipinski definition) is 4. The second-order valence-electron chi connectivity index (χ2n) is 6.20. The van der Waals surface area contributed by atoms with Crippen LogP contribution in [-0.2, 0) is 13.0 Å². The van der Waals surface area contributed by atoms with Crippen LogP contribution in [0, 0.1) is 6.92 Å². The van der Waals surface area contributed by atoms with Crippen molar-refractivity contribution in [3.63, 3.8) is 0 Å². The molecule has 5 heteroatoms. The first-order chi connectivity index (χ1) is 12.6. The minimum Gasteiger partial charge on any atom is -0.493 e. The van der Waals surface area contributed by atoms with E-state index in [1.54, 1.807) is 7.11 Å². The van der Waals surface area contributed by atoms with E-state index in [4.69, 9.17) is 9.47 Å². The molecule has 1 aromatic heterocycles. The van der Waals surface area contributed by atoms with E-state index in [0.717, 1.165) is 28.8 Å². The maximum Gasteiger partial charge on any atom is 0.161 e. The number of aromatic nitrogens is 2. The summed E-state index contributed by atoms with van der Waals surface area (Å²) in [5.41, 5.74) is 3.04. The first kappa shape index (κ1) is 18.0. The summed E-state index contributed by atoms with van der Waals surface area (Å²) in [6.07, 6.45) is 1.95. The molecule has 0 amide bonds. The molecule has 2 aromatic carbocycles. The second-order valence-corrected chi connectivity index (χ2v) is 6.20. The van der Waals surface area contributed by atoms with Crippen LogP contribution >= 0.6 is 0 Å². The van der Waals surface area contributed by atoms with Crippen LogP contribution in [0.2, 0.25) is 0 Å². The molecule has 1 heterocycles. The Labute approximate surface area is 153 Å². The minimum atomic E-state index is -0.663. The summed E-state index contributed by atoms with van der Waals surface area (Å²) in [6, 6.07) is 13.7. The zero-order chi connectivity index (χ0) is 18.5. The van der Waals surface area contributed by atoms with Crippen LogP contribution in [0.25, 0.3) is 11.0 Å². The Hall–Kier alpha value is -2.79. The van der Waals surface area contributed by atoms with Crippen molar-refractivity contribution < 1.29 is 14.6 Å². The Kier molecular flexibility index (Phi) is 5.58. The summed E-state index contributed by atoms with van der Waals surface area (Å²) in [4.78, 5) is 4.52. The van der Waals surface area contributed by atoms with E-state index < -0.39 is 6.10 Å². The van der Waals surface area contributed by atoms with Crippen molar-refractivity contribution in [2.24, 2.45) is 0 Å². The largest absolute Gasteiger partial charge is 0.493 e. The van der Waals surface area contributed by atoms with E-state index in [-0.39, 0.29) is 6.61 Å². The van der Waals surface area contributed by atoms with Gasteiger partial charge in [-0.05, 0) is 43.2 Å². The van der Waals surface area contributed by atoms with Crippen LogP contribution in [0.4, 0.5) is 0 Å². The summed E-state index contributed by atoms with van der Waals surface area (Å²) in [6.45, 7) is 6.27. The summed E-state index contributed by atoms with van der Waals surface area (Å²) < 4.78 is 13.2. The quantitative estimate of drug-likeness (QED) is 0.630. The van der Waals surface area contributed by atoms with Gasteiger partial charge in [0.2, 0.25) is 0 Å². The smallest absolute Gasteiger partial charge is 0.161 e. The number of para-hydroxylation sites is 2. The molecule has 1 N–H and O–H groups in total.